The summed E-state index contributed by atoms with van der Waals surface area (Å²) in [6.07, 6.45) is 1.46. The Bertz CT molecular complexity index is 1270. The number of hydrogen-bond donors (Lipinski definition) is 1. The first-order chi connectivity index (χ1) is 14.4. The minimum Gasteiger partial charge on any atom is -0.481 e. The first-order valence-corrected chi connectivity index (χ1v) is 10.3. The van der Waals surface area contributed by atoms with Gasteiger partial charge in [-0.25, -0.2) is 4.98 Å². The van der Waals surface area contributed by atoms with Crippen LogP contribution < -0.4 is 0 Å². The Balaban J connectivity index is 1.71. The Labute approximate surface area is 182 Å². The van der Waals surface area contributed by atoms with Crippen molar-refractivity contribution in [3.8, 4) is 11.3 Å². The van der Waals surface area contributed by atoms with Gasteiger partial charge in [-0.05, 0) is 52.3 Å². The van der Waals surface area contributed by atoms with Crippen LogP contribution in [0.4, 0.5) is 5.69 Å². The third kappa shape index (κ3) is 4.17. The zero-order valence-corrected chi connectivity index (χ0v) is 17.6. The number of furan rings is 1. The minimum atomic E-state index is -0.967. The Kier molecular flexibility index (Phi) is 5.47. The molecule has 0 aliphatic carbocycles. The molecule has 2 heterocycles. The molecule has 30 heavy (non-hydrogen) atoms. The summed E-state index contributed by atoms with van der Waals surface area (Å²) in [6, 6.07) is 15.5. The monoisotopic (exact) mass is 484 g/mol. The number of carboxylic acids is 1. The Morgan fingerprint density at radius 2 is 2.03 bits per heavy atom. The Hall–Kier alpha value is -3.30. The number of aliphatic carboxylic acids is 1. The van der Waals surface area contributed by atoms with Crippen molar-refractivity contribution in [3.63, 3.8) is 0 Å². The molecule has 150 valence electrons. The maximum absolute atomic E-state index is 11.4. The molecular formula is C21H13BrN2O5S. The Morgan fingerprint density at radius 1 is 1.23 bits per heavy atom. The zero-order chi connectivity index (χ0) is 21.3. The number of rotatable bonds is 6. The number of benzene rings is 2. The number of para-hydroxylation sites is 1. The number of thiazole rings is 1. The number of non-ortho nitro benzene ring substituents is 1. The lowest BCUT2D eigenvalue weighted by atomic mass is 10.1. The molecule has 0 aliphatic heterocycles. The molecule has 7 nitrogen and oxygen atoms in total. The van der Waals surface area contributed by atoms with Crippen LogP contribution >= 0.6 is 27.3 Å². The number of aromatic nitrogens is 1. The van der Waals surface area contributed by atoms with Crippen molar-refractivity contribution >= 4 is 60.8 Å². The highest BCUT2D eigenvalue weighted by Crippen LogP contribution is 2.34. The van der Waals surface area contributed by atoms with Crippen LogP contribution in [0.5, 0.6) is 0 Å². The number of nitrogens with zero attached hydrogens (tertiary/aromatic N) is 2. The highest BCUT2D eigenvalue weighted by Gasteiger charge is 2.16. The molecule has 4 rings (SSSR count). The maximum Gasteiger partial charge on any atom is 0.307 e. The lowest BCUT2D eigenvalue weighted by Gasteiger charge is -2.02. The van der Waals surface area contributed by atoms with E-state index in [1.165, 1.54) is 23.5 Å². The van der Waals surface area contributed by atoms with E-state index in [9.17, 15) is 20.0 Å². The first kappa shape index (κ1) is 20.0. The van der Waals surface area contributed by atoms with E-state index in [4.69, 9.17) is 4.42 Å². The van der Waals surface area contributed by atoms with Gasteiger partial charge in [-0.3, -0.25) is 14.9 Å². The second kappa shape index (κ2) is 8.21. The van der Waals surface area contributed by atoms with Crippen molar-refractivity contribution in [2.75, 3.05) is 0 Å². The summed E-state index contributed by atoms with van der Waals surface area (Å²) in [5.74, 6) is -0.00171. The van der Waals surface area contributed by atoms with Crippen LogP contribution in [0.2, 0.25) is 0 Å². The number of carboxylic acid groups (broad SMARTS) is 1. The molecule has 0 atom stereocenters. The molecule has 0 bridgehead atoms. The van der Waals surface area contributed by atoms with Crippen molar-refractivity contribution in [2.24, 2.45) is 0 Å². The van der Waals surface area contributed by atoms with E-state index in [0.717, 1.165) is 10.2 Å². The summed E-state index contributed by atoms with van der Waals surface area (Å²) < 4.78 is 7.36. The predicted octanol–water partition coefficient (Wildman–Crippen LogP) is 6.24. The van der Waals surface area contributed by atoms with Crippen LogP contribution in [-0.2, 0) is 4.79 Å². The smallest absolute Gasteiger partial charge is 0.307 e. The highest BCUT2D eigenvalue weighted by molar-refractivity contribution is 9.10. The number of carbonyl (C=O) groups is 1. The molecule has 0 spiro atoms. The SMILES string of the molecule is O=C(O)CC(=Cc1ccc(-c2ccc([N+](=O)[O-])cc2Br)o1)c1nc2ccccc2s1. The molecular weight excluding hydrogens is 472 g/mol. The van der Waals surface area contributed by atoms with E-state index >= 15 is 0 Å². The summed E-state index contributed by atoms with van der Waals surface area (Å²) in [6.45, 7) is 0. The third-order valence-corrected chi connectivity index (χ3v) is 6.05. The van der Waals surface area contributed by atoms with Crippen LogP contribution in [0.25, 0.3) is 33.2 Å². The third-order valence-electron chi connectivity index (χ3n) is 4.28. The van der Waals surface area contributed by atoms with Gasteiger partial charge >= 0.3 is 5.97 Å². The molecule has 2 aromatic carbocycles. The molecule has 4 aromatic rings. The van der Waals surface area contributed by atoms with Crippen molar-refractivity contribution in [1.82, 2.24) is 4.98 Å². The second-order valence-corrected chi connectivity index (χ2v) is 8.24. The lowest BCUT2D eigenvalue weighted by molar-refractivity contribution is -0.384. The zero-order valence-electron chi connectivity index (χ0n) is 15.2. The van der Waals surface area contributed by atoms with Gasteiger partial charge in [-0.1, -0.05) is 12.1 Å². The fourth-order valence-electron chi connectivity index (χ4n) is 2.93. The molecule has 2 aromatic heterocycles. The van der Waals surface area contributed by atoms with Gasteiger partial charge in [0, 0.05) is 27.7 Å². The molecule has 0 saturated heterocycles. The van der Waals surface area contributed by atoms with Gasteiger partial charge in [0.15, 0.2) is 0 Å². The van der Waals surface area contributed by atoms with E-state index < -0.39 is 10.9 Å². The first-order valence-electron chi connectivity index (χ1n) is 8.73. The second-order valence-electron chi connectivity index (χ2n) is 6.35. The fourth-order valence-corrected chi connectivity index (χ4v) is 4.47. The number of nitro groups is 1. The number of halogens is 1. The van der Waals surface area contributed by atoms with Gasteiger partial charge in [0.2, 0.25) is 0 Å². The van der Waals surface area contributed by atoms with Crippen LogP contribution in [0.15, 0.2) is 63.5 Å². The predicted molar refractivity (Wildman–Crippen MR) is 118 cm³/mol. The molecule has 0 radical (unpaired) electrons. The largest absolute Gasteiger partial charge is 0.481 e. The van der Waals surface area contributed by atoms with E-state index in [2.05, 4.69) is 20.9 Å². The van der Waals surface area contributed by atoms with Gasteiger partial charge in [-0.2, -0.15) is 0 Å². The quantitative estimate of drug-likeness (QED) is 0.256. The summed E-state index contributed by atoms with van der Waals surface area (Å²) in [7, 11) is 0. The minimum absolute atomic E-state index is 0.0307. The summed E-state index contributed by atoms with van der Waals surface area (Å²) in [5.41, 5.74) is 1.97. The van der Waals surface area contributed by atoms with Gasteiger partial charge < -0.3 is 9.52 Å². The average Bonchev–Trinajstić information content (AvgIpc) is 3.33. The van der Waals surface area contributed by atoms with Gasteiger partial charge in [0.05, 0.1) is 21.6 Å². The van der Waals surface area contributed by atoms with Crippen molar-refractivity contribution in [1.29, 1.82) is 0 Å². The van der Waals surface area contributed by atoms with Crippen LogP contribution in [-0.4, -0.2) is 21.0 Å². The van der Waals surface area contributed by atoms with Crippen LogP contribution in [0.1, 0.15) is 17.2 Å². The Morgan fingerprint density at radius 3 is 2.73 bits per heavy atom. The average molecular weight is 485 g/mol. The highest BCUT2D eigenvalue weighted by atomic mass is 79.9. The topological polar surface area (TPSA) is 106 Å². The lowest BCUT2D eigenvalue weighted by Crippen LogP contribution is -1.96. The van der Waals surface area contributed by atoms with Crippen molar-refractivity contribution in [2.45, 2.75) is 6.42 Å². The van der Waals surface area contributed by atoms with Gasteiger partial charge in [-0.15, -0.1) is 11.3 Å². The normalized spacial score (nSPS) is 11.7. The standard InChI is InChI=1S/C21H13BrN2O5S/c22-16-11-13(24(27)28)5-7-15(16)18-8-6-14(29-18)9-12(10-20(25)26)21-23-17-3-1-2-4-19(17)30-21/h1-9,11H,10H2,(H,25,26). The number of hydrogen-bond acceptors (Lipinski definition) is 6. The van der Waals surface area contributed by atoms with Crippen LogP contribution in [0, 0.1) is 10.1 Å². The molecule has 0 unspecified atom stereocenters. The van der Waals surface area contributed by atoms with Gasteiger partial charge in [0.1, 0.15) is 16.5 Å². The van der Waals surface area contributed by atoms with E-state index in [1.807, 2.05) is 24.3 Å². The van der Waals surface area contributed by atoms with Gasteiger partial charge in [0.25, 0.3) is 5.69 Å². The number of nitro benzene ring substituents is 1. The molecule has 0 amide bonds. The van der Waals surface area contributed by atoms with Crippen molar-refractivity contribution < 1.29 is 19.2 Å². The van der Waals surface area contributed by atoms with Crippen molar-refractivity contribution in [3.05, 3.63) is 80.0 Å². The summed E-state index contributed by atoms with van der Waals surface area (Å²) in [5, 5.41) is 20.9. The molecule has 0 fully saturated rings. The summed E-state index contributed by atoms with van der Waals surface area (Å²) in [4.78, 5) is 26.4. The van der Waals surface area contributed by atoms with E-state index in [0.29, 0.717) is 32.1 Å². The molecule has 0 aliphatic rings. The maximum atomic E-state index is 11.4. The molecule has 0 saturated carbocycles. The van der Waals surface area contributed by atoms with E-state index in [-0.39, 0.29) is 12.1 Å². The fraction of sp³-hybridized carbons (Fsp3) is 0.0476. The molecule has 9 heteroatoms. The molecule has 1 N–H and O–H groups in total. The number of fused-ring (bicyclic) bond motifs is 1. The summed E-state index contributed by atoms with van der Waals surface area (Å²) >= 11 is 4.76. The van der Waals surface area contributed by atoms with Crippen LogP contribution in [0.3, 0.4) is 0 Å². The van der Waals surface area contributed by atoms with E-state index in [1.54, 1.807) is 24.3 Å².